The minimum Gasteiger partial charge on any atom is -0.391 e. The Kier molecular flexibility index (Phi) is 4.95. The fraction of sp³-hybridized carbons (Fsp3) is 0.412. The Balaban J connectivity index is 1.65. The first-order valence-electron chi connectivity index (χ1n) is 7.64. The molecule has 116 valence electrons. The zero-order chi connectivity index (χ0) is 15.4. The van der Waals surface area contributed by atoms with Crippen LogP contribution in [0.3, 0.4) is 0 Å². The standard InChI is InChI=1S/C17H21N3OS/c1-13-7-8-20(11-15(13)21)16-9-18-10-17(19-16)22-12-14-5-3-2-4-6-14/h2-6,9-10,13,15,21H,7-8,11-12H2,1H3. The third kappa shape index (κ3) is 3.78. The molecule has 22 heavy (non-hydrogen) atoms. The average molecular weight is 315 g/mol. The molecule has 2 heterocycles. The van der Waals surface area contributed by atoms with Gasteiger partial charge in [0.15, 0.2) is 0 Å². The van der Waals surface area contributed by atoms with Crippen LogP contribution in [0, 0.1) is 5.92 Å². The van der Waals surface area contributed by atoms with Crippen molar-refractivity contribution < 1.29 is 5.11 Å². The van der Waals surface area contributed by atoms with Crippen molar-refractivity contribution in [2.45, 2.75) is 30.2 Å². The first-order valence-corrected chi connectivity index (χ1v) is 8.63. The molecule has 1 aromatic carbocycles. The summed E-state index contributed by atoms with van der Waals surface area (Å²) < 4.78 is 0. The number of piperidine rings is 1. The molecule has 0 aliphatic carbocycles. The van der Waals surface area contributed by atoms with Gasteiger partial charge in [-0.1, -0.05) is 37.3 Å². The van der Waals surface area contributed by atoms with E-state index in [0.29, 0.717) is 12.5 Å². The van der Waals surface area contributed by atoms with Crippen LogP contribution in [0.5, 0.6) is 0 Å². The molecule has 2 unspecified atom stereocenters. The monoisotopic (exact) mass is 315 g/mol. The molecule has 0 radical (unpaired) electrons. The number of nitrogens with zero attached hydrogens (tertiary/aromatic N) is 3. The highest BCUT2D eigenvalue weighted by Gasteiger charge is 2.25. The van der Waals surface area contributed by atoms with Gasteiger partial charge in [0.1, 0.15) is 10.8 Å². The molecule has 0 amide bonds. The number of rotatable bonds is 4. The van der Waals surface area contributed by atoms with E-state index in [0.717, 1.165) is 29.6 Å². The fourth-order valence-electron chi connectivity index (χ4n) is 2.55. The van der Waals surface area contributed by atoms with Crippen LogP contribution >= 0.6 is 11.8 Å². The summed E-state index contributed by atoms with van der Waals surface area (Å²) >= 11 is 1.69. The highest BCUT2D eigenvalue weighted by atomic mass is 32.2. The van der Waals surface area contributed by atoms with Crippen molar-refractivity contribution in [2.75, 3.05) is 18.0 Å². The second kappa shape index (κ2) is 7.11. The van der Waals surface area contributed by atoms with Crippen LogP contribution in [-0.2, 0) is 5.75 Å². The van der Waals surface area contributed by atoms with Crippen LogP contribution in [0.15, 0.2) is 47.8 Å². The SMILES string of the molecule is CC1CCN(c2cncc(SCc3ccccc3)n2)CC1O. The summed E-state index contributed by atoms with van der Waals surface area (Å²) in [7, 11) is 0. The lowest BCUT2D eigenvalue weighted by atomic mass is 9.96. The van der Waals surface area contributed by atoms with Crippen molar-refractivity contribution in [1.29, 1.82) is 0 Å². The van der Waals surface area contributed by atoms with Gasteiger partial charge in [-0.05, 0) is 17.9 Å². The van der Waals surface area contributed by atoms with E-state index in [1.54, 1.807) is 24.2 Å². The number of benzene rings is 1. The van der Waals surface area contributed by atoms with Crippen molar-refractivity contribution in [2.24, 2.45) is 5.92 Å². The number of aromatic nitrogens is 2. The summed E-state index contributed by atoms with van der Waals surface area (Å²) in [6.07, 6.45) is 4.30. The van der Waals surface area contributed by atoms with Gasteiger partial charge < -0.3 is 10.0 Å². The molecule has 1 saturated heterocycles. The van der Waals surface area contributed by atoms with E-state index >= 15 is 0 Å². The quantitative estimate of drug-likeness (QED) is 0.879. The van der Waals surface area contributed by atoms with Gasteiger partial charge in [-0.2, -0.15) is 0 Å². The van der Waals surface area contributed by atoms with Crippen molar-refractivity contribution >= 4 is 17.6 Å². The van der Waals surface area contributed by atoms with E-state index in [-0.39, 0.29) is 6.10 Å². The van der Waals surface area contributed by atoms with Crippen molar-refractivity contribution in [3.8, 4) is 0 Å². The van der Waals surface area contributed by atoms with Crippen molar-refractivity contribution in [3.05, 3.63) is 48.3 Å². The maximum absolute atomic E-state index is 10.0. The summed E-state index contributed by atoms with van der Waals surface area (Å²) in [6, 6.07) is 10.4. The van der Waals surface area contributed by atoms with Gasteiger partial charge >= 0.3 is 0 Å². The van der Waals surface area contributed by atoms with Crippen LogP contribution in [0.25, 0.3) is 0 Å². The number of thioether (sulfide) groups is 1. The third-order valence-corrected chi connectivity index (χ3v) is 5.04. The Bertz CT molecular complexity index is 608. The summed E-state index contributed by atoms with van der Waals surface area (Å²) in [4.78, 5) is 11.1. The molecule has 1 N–H and O–H groups in total. The molecule has 1 aromatic heterocycles. The summed E-state index contributed by atoms with van der Waals surface area (Å²) in [6.45, 7) is 3.67. The Morgan fingerprint density at radius 1 is 1.27 bits per heavy atom. The van der Waals surface area contributed by atoms with E-state index in [9.17, 15) is 5.11 Å². The Labute approximate surface area is 135 Å². The molecule has 1 fully saturated rings. The maximum Gasteiger partial charge on any atom is 0.148 e. The highest BCUT2D eigenvalue weighted by Crippen LogP contribution is 2.25. The number of hydrogen-bond donors (Lipinski definition) is 1. The highest BCUT2D eigenvalue weighted by molar-refractivity contribution is 7.98. The van der Waals surface area contributed by atoms with E-state index in [2.05, 4.69) is 33.9 Å². The molecule has 2 atom stereocenters. The fourth-order valence-corrected chi connectivity index (χ4v) is 3.35. The smallest absolute Gasteiger partial charge is 0.148 e. The molecule has 1 aliphatic rings. The Morgan fingerprint density at radius 2 is 2.09 bits per heavy atom. The predicted molar refractivity (Wildman–Crippen MR) is 90.0 cm³/mol. The molecule has 1 aliphatic heterocycles. The van der Waals surface area contributed by atoms with E-state index in [1.807, 2.05) is 18.2 Å². The van der Waals surface area contributed by atoms with E-state index in [4.69, 9.17) is 0 Å². The zero-order valence-corrected chi connectivity index (χ0v) is 13.5. The Hall–Kier alpha value is -1.59. The second-order valence-electron chi connectivity index (χ2n) is 5.77. The molecule has 0 saturated carbocycles. The van der Waals surface area contributed by atoms with E-state index < -0.39 is 0 Å². The van der Waals surface area contributed by atoms with Gasteiger partial charge in [0, 0.05) is 18.8 Å². The number of aliphatic hydroxyl groups excluding tert-OH is 1. The lowest BCUT2D eigenvalue weighted by Crippen LogP contribution is -2.43. The van der Waals surface area contributed by atoms with Crippen LogP contribution in [-0.4, -0.2) is 34.3 Å². The minimum absolute atomic E-state index is 0.281. The molecule has 5 heteroatoms. The second-order valence-corrected chi connectivity index (χ2v) is 6.76. The van der Waals surface area contributed by atoms with Gasteiger partial charge in [-0.3, -0.25) is 4.98 Å². The summed E-state index contributed by atoms with van der Waals surface area (Å²) in [5, 5.41) is 11.0. The molecule has 0 spiro atoms. The van der Waals surface area contributed by atoms with Gasteiger partial charge in [-0.15, -0.1) is 11.8 Å². The first kappa shape index (κ1) is 15.3. The molecule has 0 bridgehead atoms. The molecule has 2 aromatic rings. The Morgan fingerprint density at radius 3 is 2.86 bits per heavy atom. The maximum atomic E-state index is 10.0. The number of anilines is 1. The predicted octanol–water partition coefficient (Wildman–Crippen LogP) is 2.98. The van der Waals surface area contributed by atoms with Gasteiger partial charge in [0.05, 0.1) is 18.5 Å². The van der Waals surface area contributed by atoms with Crippen LogP contribution in [0.1, 0.15) is 18.9 Å². The largest absolute Gasteiger partial charge is 0.391 e. The molecule has 3 rings (SSSR count). The molecular formula is C17H21N3OS. The molecule has 4 nitrogen and oxygen atoms in total. The number of β-amino-alcohol motifs (C(OH)–C–C–N with tert-alkyl or cyclic N) is 1. The number of aliphatic hydroxyl groups is 1. The van der Waals surface area contributed by atoms with Gasteiger partial charge in [0.2, 0.25) is 0 Å². The van der Waals surface area contributed by atoms with Crippen LogP contribution < -0.4 is 4.90 Å². The lowest BCUT2D eigenvalue weighted by molar-refractivity contribution is 0.102. The van der Waals surface area contributed by atoms with Crippen molar-refractivity contribution in [1.82, 2.24) is 9.97 Å². The lowest BCUT2D eigenvalue weighted by Gasteiger charge is -2.34. The minimum atomic E-state index is -0.281. The topological polar surface area (TPSA) is 49.2 Å². The van der Waals surface area contributed by atoms with Crippen LogP contribution in [0.2, 0.25) is 0 Å². The zero-order valence-electron chi connectivity index (χ0n) is 12.7. The molecular weight excluding hydrogens is 294 g/mol. The summed E-state index contributed by atoms with van der Waals surface area (Å²) in [5.41, 5.74) is 1.28. The average Bonchev–Trinajstić information content (AvgIpc) is 2.57. The number of hydrogen-bond acceptors (Lipinski definition) is 5. The first-order chi connectivity index (χ1) is 10.7. The third-order valence-electron chi connectivity index (χ3n) is 4.07. The van der Waals surface area contributed by atoms with Crippen molar-refractivity contribution in [3.63, 3.8) is 0 Å². The van der Waals surface area contributed by atoms with Gasteiger partial charge in [-0.25, -0.2) is 4.98 Å². The summed E-state index contributed by atoms with van der Waals surface area (Å²) in [5.74, 6) is 2.11. The van der Waals surface area contributed by atoms with Gasteiger partial charge in [0.25, 0.3) is 0 Å². The normalized spacial score (nSPS) is 21.8. The van der Waals surface area contributed by atoms with E-state index in [1.165, 1.54) is 5.56 Å². The van der Waals surface area contributed by atoms with Crippen LogP contribution in [0.4, 0.5) is 5.82 Å².